The molecule has 0 saturated carbocycles. The number of hydrogen-bond acceptors (Lipinski definition) is 1. The summed E-state index contributed by atoms with van der Waals surface area (Å²) in [6.07, 6.45) is 0. The minimum absolute atomic E-state index is 0.00733. The molecular weight excluding hydrogens is 321 g/mol. The second-order valence-electron chi connectivity index (χ2n) is 3.56. The molecule has 1 amide bonds. The van der Waals surface area contributed by atoms with Gasteiger partial charge in [-0.15, -0.1) is 0 Å². The molecule has 18 heavy (non-hydrogen) atoms. The standard InChI is InChI=1S/C13H8BrClFNO/c14-9-6-4-8(5-7-9)13(18)17-12-10(15)2-1-3-11(12)16/h1-7H,(H,17,18). The molecule has 0 bridgehead atoms. The van der Waals surface area contributed by atoms with E-state index in [1.165, 1.54) is 18.2 Å². The minimum atomic E-state index is -0.562. The number of amides is 1. The van der Waals surface area contributed by atoms with Crippen LogP contribution in [0, 0.1) is 5.82 Å². The van der Waals surface area contributed by atoms with Gasteiger partial charge in [0.2, 0.25) is 0 Å². The van der Waals surface area contributed by atoms with Gasteiger partial charge in [-0.3, -0.25) is 4.79 Å². The number of benzene rings is 2. The quantitative estimate of drug-likeness (QED) is 0.864. The van der Waals surface area contributed by atoms with Crippen LogP contribution < -0.4 is 5.32 Å². The molecule has 2 rings (SSSR count). The Morgan fingerprint density at radius 1 is 1.17 bits per heavy atom. The van der Waals surface area contributed by atoms with Crippen LogP contribution in [0.5, 0.6) is 0 Å². The Balaban J connectivity index is 2.24. The van der Waals surface area contributed by atoms with Crippen LogP contribution in [0.2, 0.25) is 5.02 Å². The molecule has 0 aliphatic heterocycles. The topological polar surface area (TPSA) is 29.1 Å². The van der Waals surface area contributed by atoms with Crippen LogP contribution in [0.25, 0.3) is 0 Å². The highest BCUT2D eigenvalue weighted by Crippen LogP contribution is 2.25. The van der Waals surface area contributed by atoms with E-state index in [2.05, 4.69) is 21.2 Å². The van der Waals surface area contributed by atoms with Crippen molar-refractivity contribution in [1.82, 2.24) is 0 Å². The fraction of sp³-hybridized carbons (Fsp3) is 0. The van der Waals surface area contributed by atoms with Gasteiger partial charge in [-0.1, -0.05) is 33.6 Å². The number of rotatable bonds is 2. The lowest BCUT2D eigenvalue weighted by Gasteiger charge is -2.08. The summed E-state index contributed by atoms with van der Waals surface area (Å²) in [5.41, 5.74) is 0.421. The van der Waals surface area contributed by atoms with Gasteiger partial charge in [-0.2, -0.15) is 0 Å². The van der Waals surface area contributed by atoms with E-state index in [1.54, 1.807) is 24.3 Å². The zero-order valence-corrected chi connectivity index (χ0v) is 11.4. The van der Waals surface area contributed by atoms with Crippen molar-refractivity contribution in [2.45, 2.75) is 0 Å². The van der Waals surface area contributed by atoms with Crippen LogP contribution >= 0.6 is 27.5 Å². The number of nitrogens with one attached hydrogen (secondary N) is 1. The van der Waals surface area contributed by atoms with Gasteiger partial charge in [-0.05, 0) is 36.4 Å². The Kier molecular flexibility index (Phi) is 3.99. The van der Waals surface area contributed by atoms with Gasteiger partial charge in [-0.25, -0.2) is 4.39 Å². The lowest BCUT2D eigenvalue weighted by molar-refractivity contribution is 0.102. The molecule has 0 saturated heterocycles. The number of carbonyl (C=O) groups excluding carboxylic acids is 1. The zero-order valence-electron chi connectivity index (χ0n) is 9.08. The van der Waals surface area contributed by atoms with Gasteiger partial charge in [0.05, 0.1) is 10.7 Å². The number of para-hydroxylation sites is 1. The Morgan fingerprint density at radius 3 is 2.44 bits per heavy atom. The van der Waals surface area contributed by atoms with Crippen molar-refractivity contribution in [3.63, 3.8) is 0 Å². The Hall–Kier alpha value is -1.39. The van der Waals surface area contributed by atoms with Crippen molar-refractivity contribution in [2.75, 3.05) is 5.32 Å². The van der Waals surface area contributed by atoms with Gasteiger partial charge in [0.1, 0.15) is 5.82 Å². The van der Waals surface area contributed by atoms with Crippen LogP contribution in [0.3, 0.4) is 0 Å². The van der Waals surface area contributed by atoms with Crippen molar-refractivity contribution < 1.29 is 9.18 Å². The summed E-state index contributed by atoms with van der Waals surface area (Å²) in [6, 6.07) is 11.0. The maximum Gasteiger partial charge on any atom is 0.255 e. The summed E-state index contributed by atoms with van der Waals surface area (Å²) in [6.45, 7) is 0. The third-order valence-corrected chi connectivity index (χ3v) is 3.15. The molecule has 92 valence electrons. The van der Waals surface area contributed by atoms with Gasteiger partial charge < -0.3 is 5.32 Å². The molecule has 0 aliphatic carbocycles. The fourth-order valence-corrected chi connectivity index (χ4v) is 1.88. The largest absolute Gasteiger partial charge is 0.318 e. The van der Waals surface area contributed by atoms with Crippen LogP contribution in [-0.4, -0.2) is 5.91 Å². The first kappa shape index (κ1) is 13.1. The predicted octanol–water partition coefficient (Wildman–Crippen LogP) is 4.49. The SMILES string of the molecule is O=C(Nc1c(F)cccc1Cl)c1ccc(Br)cc1. The van der Waals surface area contributed by atoms with Crippen molar-refractivity contribution >= 4 is 39.1 Å². The second-order valence-corrected chi connectivity index (χ2v) is 4.88. The van der Waals surface area contributed by atoms with Gasteiger partial charge in [0, 0.05) is 10.0 Å². The van der Waals surface area contributed by atoms with Crippen LogP contribution in [0.15, 0.2) is 46.9 Å². The van der Waals surface area contributed by atoms with Crippen molar-refractivity contribution in [2.24, 2.45) is 0 Å². The van der Waals surface area contributed by atoms with E-state index in [4.69, 9.17) is 11.6 Å². The van der Waals surface area contributed by atoms with Crippen LogP contribution in [-0.2, 0) is 0 Å². The van der Waals surface area contributed by atoms with Crippen molar-refractivity contribution in [3.05, 3.63) is 63.3 Å². The molecule has 0 aliphatic rings. The highest BCUT2D eigenvalue weighted by atomic mass is 79.9. The van der Waals surface area contributed by atoms with E-state index < -0.39 is 11.7 Å². The van der Waals surface area contributed by atoms with E-state index in [1.807, 2.05) is 0 Å². The van der Waals surface area contributed by atoms with E-state index in [0.717, 1.165) is 4.47 Å². The zero-order chi connectivity index (χ0) is 13.1. The number of anilines is 1. The summed E-state index contributed by atoms with van der Waals surface area (Å²) < 4.78 is 14.3. The Labute approximate surface area is 117 Å². The van der Waals surface area contributed by atoms with Crippen molar-refractivity contribution in [3.8, 4) is 0 Å². The smallest absolute Gasteiger partial charge is 0.255 e. The molecule has 2 nitrogen and oxygen atoms in total. The number of halogens is 3. The van der Waals surface area contributed by atoms with E-state index in [0.29, 0.717) is 5.56 Å². The minimum Gasteiger partial charge on any atom is -0.318 e. The first-order valence-corrected chi connectivity index (χ1v) is 6.26. The summed E-state index contributed by atoms with van der Waals surface area (Å²) in [4.78, 5) is 11.9. The van der Waals surface area contributed by atoms with Gasteiger partial charge in [0.15, 0.2) is 0 Å². The lowest BCUT2D eigenvalue weighted by atomic mass is 10.2. The maximum atomic E-state index is 13.5. The molecule has 0 atom stereocenters. The van der Waals surface area contributed by atoms with E-state index in [-0.39, 0.29) is 10.7 Å². The molecule has 0 radical (unpaired) electrons. The summed E-state index contributed by atoms with van der Waals surface area (Å²) in [5.74, 6) is -0.970. The van der Waals surface area contributed by atoms with Crippen molar-refractivity contribution in [1.29, 1.82) is 0 Å². The molecule has 0 heterocycles. The Morgan fingerprint density at radius 2 is 1.83 bits per heavy atom. The normalized spacial score (nSPS) is 10.2. The summed E-state index contributed by atoms with van der Waals surface area (Å²) in [5, 5.41) is 2.62. The van der Waals surface area contributed by atoms with E-state index in [9.17, 15) is 9.18 Å². The van der Waals surface area contributed by atoms with Gasteiger partial charge in [0.25, 0.3) is 5.91 Å². The molecule has 1 N–H and O–H groups in total. The average molecular weight is 329 g/mol. The van der Waals surface area contributed by atoms with Crippen LogP contribution in [0.1, 0.15) is 10.4 Å². The van der Waals surface area contributed by atoms with Crippen LogP contribution in [0.4, 0.5) is 10.1 Å². The average Bonchev–Trinajstić information content (AvgIpc) is 2.34. The Bertz CT molecular complexity index is 566. The summed E-state index contributed by atoms with van der Waals surface area (Å²) >= 11 is 9.10. The fourth-order valence-electron chi connectivity index (χ4n) is 1.40. The third-order valence-electron chi connectivity index (χ3n) is 2.31. The summed E-state index contributed by atoms with van der Waals surface area (Å²) in [7, 11) is 0. The molecule has 0 spiro atoms. The molecule has 0 unspecified atom stereocenters. The maximum absolute atomic E-state index is 13.5. The first-order chi connectivity index (χ1) is 8.58. The highest BCUT2D eigenvalue weighted by molar-refractivity contribution is 9.10. The number of carbonyl (C=O) groups is 1. The molecule has 0 fully saturated rings. The van der Waals surface area contributed by atoms with E-state index >= 15 is 0 Å². The third kappa shape index (κ3) is 2.89. The molecule has 2 aromatic rings. The molecule has 5 heteroatoms. The first-order valence-electron chi connectivity index (χ1n) is 5.09. The molecule has 2 aromatic carbocycles. The number of hydrogen-bond donors (Lipinski definition) is 1. The monoisotopic (exact) mass is 327 g/mol. The molecular formula is C13H8BrClFNO. The van der Waals surface area contributed by atoms with Gasteiger partial charge >= 0.3 is 0 Å². The highest BCUT2D eigenvalue weighted by Gasteiger charge is 2.11. The molecule has 0 aromatic heterocycles. The lowest BCUT2D eigenvalue weighted by Crippen LogP contribution is -2.13. The predicted molar refractivity (Wildman–Crippen MR) is 73.5 cm³/mol. The second kappa shape index (κ2) is 5.50.